The minimum absolute atomic E-state index is 0.0118. The summed E-state index contributed by atoms with van der Waals surface area (Å²) < 4.78 is 20.1. The van der Waals surface area contributed by atoms with Gasteiger partial charge >= 0.3 is 0 Å². The van der Waals surface area contributed by atoms with Crippen LogP contribution in [0.15, 0.2) is 48.7 Å². The van der Waals surface area contributed by atoms with Crippen molar-refractivity contribution < 1.29 is 13.9 Å². The zero-order valence-electron chi connectivity index (χ0n) is 15.7. The number of anilines is 2. The van der Waals surface area contributed by atoms with E-state index in [0.717, 1.165) is 5.56 Å². The third-order valence-electron chi connectivity index (χ3n) is 4.30. The third kappa shape index (κ3) is 4.78. The second-order valence-corrected chi connectivity index (χ2v) is 7.24. The van der Waals surface area contributed by atoms with Gasteiger partial charge in [0.2, 0.25) is 0 Å². The molecule has 0 saturated carbocycles. The highest BCUT2D eigenvalue weighted by atomic mass is 35.5. The number of pyridine rings is 1. The molecule has 5 nitrogen and oxygen atoms in total. The second-order valence-electron chi connectivity index (χ2n) is 6.43. The SMILES string of the molecule is Cc1cccc(C(=O)Nc2cc(C(C)Oc3cc(Cl)cnc3N)ccc2F)c1Cl. The molecule has 8 heteroatoms. The van der Waals surface area contributed by atoms with Crippen molar-refractivity contribution in [3.63, 3.8) is 0 Å². The van der Waals surface area contributed by atoms with Gasteiger partial charge in [0, 0.05) is 12.3 Å². The number of nitrogens with zero attached hydrogens (tertiary/aromatic N) is 1. The number of nitrogens with two attached hydrogens (primary N) is 1. The first-order valence-electron chi connectivity index (χ1n) is 8.70. The summed E-state index contributed by atoms with van der Waals surface area (Å²) in [7, 11) is 0. The number of nitrogens with one attached hydrogen (secondary N) is 1. The number of ether oxygens (including phenoxy) is 1. The Labute approximate surface area is 177 Å². The molecule has 1 atom stereocenters. The first-order chi connectivity index (χ1) is 13.8. The Kier molecular flexibility index (Phi) is 6.25. The topological polar surface area (TPSA) is 77.2 Å². The smallest absolute Gasteiger partial charge is 0.257 e. The molecule has 2 aromatic carbocycles. The van der Waals surface area contributed by atoms with Crippen LogP contribution in [0.4, 0.5) is 15.9 Å². The highest BCUT2D eigenvalue weighted by Crippen LogP contribution is 2.30. The number of halogens is 3. The van der Waals surface area contributed by atoms with Crippen molar-refractivity contribution in [2.45, 2.75) is 20.0 Å². The van der Waals surface area contributed by atoms with Gasteiger partial charge in [-0.1, -0.05) is 41.4 Å². The van der Waals surface area contributed by atoms with Crippen molar-refractivity contribution in [3.05, 3.63) is 81.2 Å². The maximum atomic E-state index is 14.3. The molecule has 0 aliphatic carbocycles. The Morgan fingerprint density at radius 3 is 2.76 bits per heavy atom. The molecule has 0 saturated heterocycles. The summed E-state index contributed by atoms with van der Waals surface area (Å²) in [5.74, 6) is -0.592. The highest BCUT2D eigenvalue weighted by molar-refractivity contribution is 6.35. The molecule has 0 radical (unpaired) electrons. The predicted molar refractivity (Wildman–Crippen MR) is 113 cm³/mol. The van der Waals surface area contributed by atoms with Crippen molar-refractivity contribution in [2.24, 2.45) is 0 Å². The predicted octanol–water partition coefficient (Wildman–Crippen LogP) is 5.81. The van der Waals surface area contributed by atoms with Crippen molar-refractivity contribution in [2.75, 3.05) is 11.1 Å². The maximum absolute atomic E-state index is 14.3. The van der Waals surface area contributed by atoms with E-state index in [1.807, 2.05) is 0 Å². The first-order valence-corrected chi connectivity index (χ1v) is 9.45. The molecule has 3 rings (SSSR count). The number of hydrogen-bond donors (Lipinski definition) is 2. The van der Waals surface area contributed by atoms with E-state index in [-0.39, 0.29) is 17.1 Å². The van der Waals surface area contributed by atoms with Crippen LogP contribution in [-0.4, -0.2) is 10.9 Å². The molecule has 1 unspecified atom stereocenters. The van der Waals surface area contributed by atoms with Gasteiger partial charge in [-0.2, -0.15) is 0 Å². The van der Waals surface area contributed by atoms with Crippen LogP contribution in [0.3, 0.4) is 0 Å². The third-order valence-corrected chi connectivity index (χ3v) is 5.00. The average molecular weight is 434 g/mol. The Balaban J connectivity index is 1.83. The van der Waals surface area contributed by atoms with E-state index in [2.05, 4.69) is 10.3 Å². The summed E-state index contributed by atoms with van der Waals surface area (Å²) in [6.07, 6.45) is 0.910. The monoisotopic (exact) mass is 433 g/mol. The Hall–Kier alpha value is -2.83. The van der Waals surface area contributed by atoms with Crippen LogP contribution in [0.1, 0.15) is 34.5 Å². The van der Waals surface area contributed by atoms with Crippen LogP contribution < -0.4 is 15.8 Å². The summed E-state index contributed by atoms with van der Waals surface area (Å²) in [5, 5.41) is 3.26. The summed E-state index contributed by atoms with van der Waals surface area (Å²) in [6, 6.07) is 10.9. The summed E-state index contributed by atoms with van der Waals surface area (Å²) in [6.45, 7) is 3.55. The number of aryl methyl sites for hydroxylation is 1. The van der Waals surface area contributed by atoms with E-state index < -0.39 is 17.8 Å². The van der Waals surface area contributed by atoms with Gasteiger partial charge in [-0.3, -0.25) is 4.79 Å². The van der Waals surface area contributed by atoms with E-state index in [1.54, 1.807) is 44.2 Å². The zero-order chi connectivity index (χ0) is 21.1. The lowest BCUT2D eigenvalue weighted by atomic mass is 10.1. The normalized spacial score (nSPS) is 11.8. The quantitative estimate of drug-likeness (QED) is 0.531. The molecule has 3 aromatic rings. The molecule has 1 aromatic heterocycles. The highest BCUT2D eigenvalue weighted by Gasteiger charge is 2.17. The van der Waals surface area contributed by atoms with Gasteiger partial charge in [-0.15, -0.1) is 0 Å². The fourth-order valence-corrected chi connectivity index (χ4v) is 3.05. The molecular weight excluding hydrogens is 416 g/mol. The molecule has 0 bridgehead atoms. The molecule has 150 valence electrons. The van der Waals surface area contributed by atoms with Crippen LogP contribution in [0.5, 0.6) is 5.75 Å². The number of carbonyl (C=O) groups excluding carboxylic acids is 1. The zero-order valence-corrected chi connectivity index (χ0v) is 17.2. The minimum atomic E-state index is -0.581. The fourth-order valence-electron chi connectivity index (χ4n) is 2.69. The average Bonchev–Trinajstić information content (AvgIpc) is 2.68. The van der Waals surface area contributed by atoms with Crippen molar-refractivity contribution in [1.82, 2.24) is 4.98 Å². The van der Waals surface area contributed by atoms with E-state index in [1.165, 1.54) is 18.3 Å². The van der Waals surface area contributed by atoms with Gasteiger partial charge in [0.05, 0.1) is 21.3 Å². The van der Waals surface area contributed by atoms with E-state index in [9.17, 15) is 9.18 Å². The van der Waals surface area contributed by atoms with Crippen molar-refractivity contribution in [3.8, 4) is 5.75 Å². The van der Waals surface area contributed by atoms with Gasteiger partial charge in [0.25, 0.3) is 5.91 Å². The lowest BCUT2D eigenvalue weighted by Gasteiger charge is -2.17. The van der Waals surface area contributed by atoms with E-state index in [4.69, 9.17) is 33.7 Å². The Morgan fingerprint density at radius 1 is 1.24 bits per heavy atom. The van der Waals surface area contributed by atoms with Crippen LogP contribution in [0, 0.1) is 12.7 Å². The molecule has 0 aliphatic rings. The summed E-state index contributed by atoms with van der Waals surface area (Å²) >= 11 is 12.1. The summed E-state index contributed by atoms with van der Waals surface area (Å²) in [4.78, 5) is 16.5. The van der Waals surface area contributed by atoms with Crippen molar-refractivity contribution >= 4 is 40.6 Å². The number of benzene rings is 2. The number of rotatable bonds is 5. The standard InChI is InChI=1S/C21H18Cl2FN3O2/c1-11-4-3-5-15(19(11)23)21(28)27-17-8-13(6-7-16(17)24)12(2)29-18-9-14(22)10-26-20(18)25/h3-10,12H,1-2H3,(H2,25,26)(H,27,28). The molecule has 0 aliphatic heterocycles. The van der Waals surface area contributed by atoms with Crippen LogP contribution in [0.2, 0.25) is 10.0 Å². The molecule has 29 heavy (non-hydrogen) atoms. The van der Waals surface area contributed by atoms with E-state index >= 15 is 0 Å². The Bertz CT molecular complexity index is 1080. The molecule has 1 heterocycles. The number of amides is 1. The lowest BCUT2D eigenvalue weighted by molar-refractivity contribution is 0.102. The minimum Gasteiger partial charge on any atom is -0.482 e. The first kappa shape index (κ1) is 20.9. The Morgan fingerprint density at radius 2 is 2.00 bits per heavy atom. The van der Waals surface area contributed by atoms with Crippen LogP contribution in [0.25, 0.3) is 0 Å². The largest absolute Gasteiger partial charge is 0.482 e. The number of hydrogen-bond acceptors (Lipinski definition) is 4. The number of aromatic nitrogens is 1. The fraction of sp³-hybridized carbons (Fsp3) is 0.143. The van der Waals surface area contributed by atoms with Crippen LogP contribution in [-0.2, 0) is 0 Å². The molecule has 0 fully saturated rings. The van der Waals surface area contributed by atoms with E-state index in [0.29, 0.717) is 21.4 Å². The maximum Gasteiger partial charge on any atom is 0.257 e. The van der Waals surface area contributed by atoms with Gasteiger partial charge in [0.1, 0.15) is 11.9 Å². The number of carbonyl (C=O) groups is 1. The van der Waals surface area contributed by atoms with Gasteiger partial charge in [0.15, 0.2) is 11.6 Å². The summed E-state index contributed by atoms with van der Waals surface area (Å²) in [5.41, 5.74) is 7.45. The number of nitrogen functional groups attached to an aromatic ring is 1. The van der Waals surface area contributed by atoms with Gasteiger partial charge < -0.3 is 15.8 Å². The van der Waals surface area contributed by atoms with Gasteiger partial charge in [-0.25, -0.2) is 9.37 Å². The molecular formula is C21H18Cl2FN3O2. The molecule has 1 amide bonds. The molecule has 3 N–H and O–H groups in total. The van der Waals surface area contributed by atoms with Crippen LogP contribution >= 0.6 is 23.2 Å². The van der Waals surface area contributed by atoms with Gasteiger partial charge in [-0.05, 0) is 43.2 Å². The second kappa shape index (κ2) is 8.68. The lowest BCUT2D eigenvalue weighted by Crippen LogP contribution is -2.15. The molecule has 0 spiro atoms. The van der Waals surface area contributed by atoms with Crippen molar-refractivity contribution in [1.29, 1.82) is 0 Å².